The molecule has 3 aromatic rings. The Morgan fingerprint density at radius 2 is 2.00 bits per heavy atom. The predicted octanol–water partition coefficient (Wildman–Crippen LogP) is 4.49. The van der Waals surface area contributed by atoms with Gasteiger partial charge in [-0.2, -0.15) is 4.98 Å². The maximum Gasteiger partial charge on any atom is 0.257 e. The molecule has 0 bridgehead atoms. The number of piperidine rings is 1. The van der Waals surface area contributed by atoms with E-state index >= 15 is 0 Å². The Balaban J connectivity index is 1.24. The van der Waals surface area contributed by atoms with Crippen LogP contribution in [0, 0.1) is 18.7 Å². The zero-order valence-corrected chi connectivity index (χ0v) is 16.2. The fourth-order valence-electron chi connectivity index (χ4n) is 3.51. The molecular weight excluding hydrogens is 363 g/mol. The first-order chi connectivity index (χ1) is 13.2. The Morgan fingerprint density at radius 3 is 2.70 bits per heavy atom. The van der Waals surface area contributed by atoms with Crippen molar-refractivity contribution in [1.29, 1.82) is 0 Å². The van der Waals surface area contributed by atoms with Crippen LogP contribution in [0.25, 0.3) is 11.5 Å². The second-order valence-electron chi connectivity index (χ2n) is 7.14. The fraction of sp³-hybridized carbons (Fsp3) is 0.450. The van der Waals surface area contributed by atoms with Gasteiger partial charge in [-0.1, -0.05) is 5.16 Å². The summed E-state index contributed by atoms with van der Waals surface area (Å²) in [5.74, 6) is 1.63. The molecule has 0 amide bonds. The van der Waals surface area contributed by atoms with Crippen LogP contribution >= 0.6 is 11.3 Å². The molecule has 4 rings (SSSR count). The molecule has 27 heavy (non-hydrogen) atoms. The molecule has 1 aliphatic heterocycles. The van der Waals surface area contributed by atoms with Crippen molar-refractivity contribution in [2.75, 3.05) is 13.1 Å². The van der Waals surface area contributed by atoms with E-state index in [1.807, 2.05) is 5.51 Å². The van der Waals surface area contributed by atoms with Crippen molar-refractivity contribution in [2.45, 2.75) is 39.2 Å². The van der Waals surface area contributed by atoms with Gasteiger partial charge in [-0.15, -0.1) is 11.3 Å². The van der Waals surface area contributed by atoms with Gasteiger partial charge in [0.15, 0.2) is 5.82 Å². The van der Waals surface area contributed by atoms with E-state index in [1.54, 1.807) is 23.5 Å². The van der Waals surface area contributed by atoms with Crippen LogP contribution in [0.5, 0.6) is 0 Å². The fourth-order valence-corrected chi connectivity index (χ4v) is 4.33. The lowest BCUT2D eigenvalue weighted by molar-refractivity contribution is 0.173. The summed E-state index contributed by atoms with van der Waals surface area (Å²) in [6.45, 7) is 5.38. The minimum absolute atomic E-state index is 0.268. The molecule has 0 saturated carbocycles. The summed E-state index contributed by atoms with van der Waals surface area (Å²) in [4.78, 5) is 12.7. The number of thiazole rings is 1. The number of hydrogen-bond acceptors (Lipinski definition) is 6. The van der Waals surface area contributed by atoms with Crippen LogP contribution in [0.15, 0.2) is 34.3 Å². The molecule has 0 atom stereocenters. The van der Waals surface area contributed by atoms with Gasteiger partial charge in [0.25, 0.3) is 5.89 Å². The van der Waals surface area contributed by atoms with E-state index in [4.69, 9.17) is 4.52 Å². The van der Waals surface area contributed by atoms with Crippen LogP contribution in [0.1, 0.15) is 35.7 Å². The van der Waals surface area contributed by atoms with Gasteiger partial charge in [0.05, 0.1) is 11.2 Å². The summed E-state index contributed by atoms with van der Waals surface area (Å²) in [5, 5.41) is 4.08. The molecular formula is C20H23FN4OS. The van der Waals surface area contributed by atoms with E-state index < -0.39 is 0 Å². The Kier molecular flexibility index (Phi) is 5.59. The highest BCUT2D eigenvalue weighted by atomic mass is 32.1. The molecule has 1 aromatic carbocycles. The van der Waals surface area contributed by atoms with Crippen molar-refractivity contribution in [3.63, 3.8) is 0 Å². The van der Waals surface area contributed by atoms with E-state index in [1.165, 1.54) is 29.9 Å². The van der Waals surface area contributed by atoms with Gasteiger partial charge in [-0.05, 0) is 69.5 Å². The monoisotopic (exact) mass is 386 g/mol. The maximum absolute atomic E-state index is 13.0. The van der Waals surface area contributed by atoms with Gasteiger partial charge < -0.3 is 4.52 Å². The van der Waals surface area contributed by atoms with Crippen LogP contribution in [0.4, 0.5) is 4.39 Å². The van der Waals surface area contributed by atoms with Gasteiger partial charge in [0, 0.05) is 23.4 Å². The molecule has 0 N–H and O–H groups in total. The lowest BCUT2D eigenvalue weighted by Crippen LogP contribution is -2.33. The predicted molar refractivity (Wildman–Crippen MR) is 103 cm³/mol. The zero-order chi connectivity index (χ0) is 18.6. The lowest BCUT2D eigenvalue weighted by Gasteiger charge is -2.31. The van der Waals surface area contributed by atoms with Crippen LogP contribution in [0.2, 0.25) is 0 Å². The van der Waals surface area contributed by atoms with Crippen LogP contribution in [0.3, 0.4) is 0 Å². The van der Waals surface area contributed by atoms with Crippen LogP contribution in [-0.4, -0.2) is 33.1 Å². The molecule has 7 heteroatoms. The quantitative estimate of drug-likeness (QED) is 0.625. The van der Waals surface area contributed by atoms with Crippen LogP contribution in [-0.2, 0) is 13.0 Å². The van der Waals surface area contributed by atoms with E-state index in [-0.39, 0.29) is 5.82 Å². The second-order valence-corrected chi connectivity index (χ2v) is 8.08. The smallest absolute Gasteiger partial charge is 0.257 e. The van der Waals surface area contributed by atoms with Crippen molar-refractivity contribution in [1.82, 2.24) is 20.0 Å². The second kappa shape index (κ2) is 8.27. The highest BCUT2D eigenvalue weighted by Gasteiger charge is 2.21. The highest BCUT2D eigenvalue weighted by Crippen LogP contribution is 2.25. The molecule has 1 fully saturated rings. The van der Waals surface area contributed by atoms with E-state index in [0.29, 0.717) is 11.8 Å². The Morgan fingerprint density at radius 1 is 1.22 bits per heavy atom. The third-order valence-electron chi connectivity index (χ3n) is 5.25. The number of hydrogen-bond donors (Lipinski definition) is 0. The molecule has 0 spiro atoms. The number of nitrogens with zero attached hydrogens (tertiary/aromatic N) is 4. The average molecular weight is 386 g/mol. The minimum Gasteiger partial charge on any atom is -0.334 e. The van der Waals surface area contributed by atoms with E-state index in [0.717, 1.165) is 49.6 Å². The summed E-state index contributed by atoms with van der Waals surface area (Å²) < 4.78 is 18.3. The summed E-state index contributed by atoms with van der Waals surface area (Å²) in [7, 11) is 0. The summed E-state index contributed by atoms with van der Waals surface area (Å²) >= 11 is 1.75. The van der Waals surface area contributed by atoms with Gasteiger partial charge in [-0.25, -0.2) is 9.37 Å². The van der Waals surface area contributed by atoms with Gasteiger partial charge in [0.2, 0.25) is 0 Å². The van der Waals surface area contributed by atoms with Crippen molar-refractivity contribution >= 4 is 11.3 Å². The largest absolute Gasteiger partial charge is 0.334 e. The van der Waals surface area contributed by atoms with Gasteiger partial charge >= 0.3 is 0 Å². The number of rotatable bonds is 6. The minimum atomic E-state index is -0.268. The van der Waals surface area contributed by atoms with Crippen molar-refractivity contribution < 1.29 is 8.91 Å². The number of aryl methyl sites for hydroxylation is 2. The van der Waals surface area contributed by atoms with Crippen LogP contribution < -0.4 is 0 Å². The number of halogens is 1. The molecule has 0 radical (unpaired) electrons. The molecule has 5 nitrogen and oxygen atoms in total. The molecule has 2 aromatic heterocycles. The topological polar surface area (TPSA) is 55.1 Å². The summed E-state index contributed by atoms with van der Waals surface area (Å²) in [6.07, 6.45) is 4.32. The third-order valence-corrected chi connectivity index (χ3v) is 6.17. The maximum atomic E-state index is 13.0. The van der Waals surface area contributed by atoms with E-state index in [9.17, 15) is 4.39 Å². The first-order valence-corrected chi connectivity index (χ1v) is 10.2. The Bertz CT molecular complexity index is 868. The summed E-state index contributed by atoms with van der Waals surface area (Å²) in [6, 6.07) is 6.13. The molecule has 0 aliphatic carbocycles. The number of benzene rings is 1. The van der Waals surface area contributed by atoms with E-state index in [2.05, 4.69) is 26.9 Å². The third kappa shape index (κ3) is 4.59. The Hall–Kier alpha value is -2.12. The highest BCUT2D eigenvalue weighted by molar-refractivity contribution is 7.09. The molecule has 1 aliphatic rings. The van der Waals surface area contributed by atoms with Gasteiger partial charge in [0.1, 0.15) is 5.82 Å². The SMILES string of the molecule is Cc1ncsc1CN1CCC(CCc2noc(-c3ccc(F)cc3)n2)CC1. The van der Waals surface area contributed by atoms with Crippen molar-refractivity contribution in [3.05, 3.63) is 52.0 Å². The number of aromatic nitrogens is 3. The Labute approximate surface area is 162 Å². The lowest BCUT2D eigenvalue weighted by atomic mass is 9.92. The summed E-state index contributed by atoms with van der Waals surface area (Å²) in [5.41, 5.74) is 3.85. The van der Waals surface area contributed by atoms with Gasteiger partial charge in [-0.3, -0.25) is 4.90 Å². The molecule has 1 saturated heterocycles. The van der Waals surface area contributed by atoms with Crippen molar-refractivity contribution in [2.24, 2.45) is 5.92 Å². The number of likely N-dealkylation sites (tertiary alicyclic amines) is 1. The average Bonchev–Trinajstić information content (AvgIpc) is 3.31. The normalized spacial score (nSPS) is 16.1. The molecule has 3 heterocycles. The molecule has 0 unspecified atom stereocenters. The zero-order valence-electron chi connectivity index (χ0n) is 15.4. The molecule has 142 valence electrons. The first kappa shape index (κ1) is 18.3. The van der Waals surface area contributed by atoms with Crippen molar-refractivity contribution in [3.8, 4) is 11.5 Å². The first-order valence-electron chi connectivity index (χ1n) is 9.37. The standard InChI is InChI=1S/C20H23FN4OS/c1-14-18(27-13-22-14)12-25-10-8-15(9-11-25)2-7-19-23-20(26-24-19)16-3-5-17(21)6-4-16/h3-6,13,15H,2,7-12H2,1H3.